The Hall–Kier alpha value is -3.61. The quantitative estimate of drug-likeness (QED) is 0.538. The predicted octanol–water partition coefficient (Wildman–Crippen LogP) is 4.54. The number of ether oxygens (including phenoxy) is 2. The third-order valence-corrected chi connectivity index (χ3v) is 7.59. The van der Waals surface area contributed by atoms with Gasteiger partial charge in [-0.25, -0.2) is 4.79 Å². The van der Waals surface area contributed by atoms with Gasteiger partial charge in [-0.05, 0) is 42.7 Å². The summed E-state index contributed by atoms with van der Waals surface area (Å²) in [6, 6.07) is 16.8. The number of hydrogen-bond acceptors (Lipinski definition) is 5. The normalized spacial score (nSPS) is 25.5. The van der Waals surface area contributed by atoms with Crippen molar-refractivity contribution >= 4 is 28.6 Å². The fourth-order valence-corrected chi connectivity index (χ4v) is 6.12. The van der Waals surface area contributed by atoms with Gasteiger partial charge in [0, 0.05) is 23.5 Å². The molecule has 0 unspecified atom stereocenters. The SMILES string of the molecule is COc1ccc(N2C(=O)[C@@H]3[C@H]2[C@@H]2CCCC[C@@H]2N3C(=O)OCc2ccccc2)c2ncccc12. The number of benzene rings is 2. The maximum Gasteiger partial charge on any atom is 0.411 e. The average Bonchev–Trinajstić information content (AvgIpc) is 3.19. The number of methoxy groups -OCH3 is 1. The van der Waals surface area contributed by atoms with Crippen LogP contribution in [0.25, 0.3) is 10.9 Å². The summed E-state index contributed by atoms with van der Waals surface area (Å²) in [6.07, 6.45) is 5.42. The summed E-state index contributed by atoms with van der Waals surface area (Å²) in [7, 11) is 1.63. The van der Waals surface area contributed by atoms with E-state index in [-0.39, 0.29) is 36.6 Å². The second kappa shape index (κ2) is 8.31. The van der Waals surface area contributed by atoms with Gasteiger partial charge < -0.3 is 14.4 Å². The molecule has 3 aromatic rings. The first kappa shape index (κ1) is 21.0. The molecule has 0 spiro atoms. The van der Waals surface area contributed by atoms with Gasteiger partial charge in [0.1, 0.15) is 18.4 Å². The van der Waals surface area contributed by atoms with Crippen molar-refractivity contribution in [1.82, 2.24) is 9.88 Å². The van der Waals surface area contributed by atoms with E-state index in [4.69, 9.17) is 9.47 Å². The lowest BCUT2D eigenvalue weighted by atomic mass is 9.78. The van der Waals surface area contributed by atoms with E-state index in [9.17, 15) is 9.59 Å². The lowest BCUT2D eigenvalue weighted by molar-refractivity contribution is -0.129. The van der Waals surface area contributed by atoms with Crippen molar-refractivity contribution in [2.45, 2.75) is 50.4 Å². The Balaban J connectivity index is 1.32. The van der Waals surface area contributed by atoms with Crippen LogP contribution in [0.1, 0.15) is 31.2 Å². The number of fused-ring (bicyclic) bond motifs is 4. The van der Waals surface area contributed by atoms with Crippen molar-refractivity contribution in [1.29, 1.82) is 0 Å². The maximum atomic E-state index is 13.6. The van der Waals surface area contributed by atoms with Gasteiger partial charge in [-0.2, -0.15) is 0 Å². The van der Waals surface area contributed by atoms with Gasteiger partial charge in [-0.1, -0.05) is 43.2 Å². The number of anilines is 1. The van der Waals surface area contributed by atoms with E-state index in [0.717, 1.165) is 53.6 Å². The molecular formula is C27H27N3O4. The number of amides is 2. The number of nitrogens with zero attached hydrogens (tertiary/aromatic N) is 3. The molecule has 7 heteroatoms. The highest BCUT2D eigenvalue weighted by Crippen LogP contribution is 2.50. The molecule has 6 rings (SSSR count). The van der Waals surface area contributed by atoms with Crippen molar-refractivity contribution < 1.29 is 19.1 Å². The van der Waals surface area contributed by atoms with Crippen LogP contribution in [-0.2, 0) is 16.1 Å². The van der Waals surface area contributed by atoms with Crippen molar-refractivity contribution in [2.75, 3.05) is 12.0 Å². The lowest BCUT2D eigenvalue weighted by Crippen LogP contribution is -2.68. The number of carbonyl (C=O) groups is 2. The highest BCUT2D eigenvalue weighted by Gasteiger charge is 2.65. The first-order valence-electron chi connectivity index (χ1n) is 11.9. The minimum Gasteiger partial charge on any atom is -0.496 e. The van der Waals surface area contributed by atoms with Crippen LogP contribution < -0.4 is 9.64 Å². The van der Waals surface area contributed by atoms with E-state index < -0.39 is 6.04 Å². The largest absolute Gasteiger partial charge is 0.496 e. The molecule has 2 saturated heterocycles. The summed E-state index contributed by atoms with van der Waals surface area (Å²) < 4.78 is 11.2. The fourth-order valence-electron chi connectivity index (χ4n) is 6.12. The molecule has 1 saturated carbocycles. The van der Waals surface area contributed by atoms with Gasteiger partial charge in [0.2, 0.25) is 0 Å². The Labute approximate surface area is 198 Å². The summed E-state index contributed by atoms with van der Waals surface area (Å²) in [5.74, 6) is 0.902. The summed E-state index contributed by atoms with van der Waals surface area (Å²) in [4.78, 5) is 35.0. The molecule has 34 heavy (non-hydrogen) atoms. The van der Waals surface area contributed by atoms with Gasteiger partial charge in [0.05, 0.1) is 24.4 Å². The smallest absolute Gasteiger partial charge is 0.411 e. The van der Waals surface area contributed by atoms with Crippen LogP contribution in [0.5, 0.6) is 5.75 Å². The number of pyridine rings is 1. The third-order valence-electron chi connectivity index (χ3n) is 7.59. The Kier molecular flexibility index (Phi) is 5.12. The Morgan fingerprint density at radius 2 is 1.88 bits per heavy atom. The molecule has 3 heterocycles. The third kappa shape index (κ3) is 3.14. The zero-order chi connectivity index (χ0) is 23.2. The van der Waals surface area contributed by atoms with Crippen LogP contribution in [0, 0.1) is 5.92 Å². The molecule has 1 aliphatic carbocycles. The Bertz CT molecular complexity index is 1250. The number of likely N-dealkylation sites (tertiary alicyclic amines) is 1. The van der Waals surface area contributed by atoms with E-state index in [2.05, 4.69) is 4.98 Å². The van der Waals surface area contributed by atoms with E-state index in [0.29, 0.717) is 0 Å². The molecule has 174 valence electrons. The summed E-state index contributed by atoms with van der Waals surface area (Å²) >= 11 is 0. The van der Waals surface area contributed by atoms with Crippen LogP contribution in [-0.4, -0.2) is 47.1 Å². The lowest BCUT2D eigenvalue weighted by Gasteiger charge is -2.46. The molecule has 0 radical (unpaired) electrons. The highest BCUT2D eigenvalue weighted by molar-refractivity contribution is 6.12. The van der Waals surface area contributed by atoms with Gasteiger partial charge in [-0.3, -0.25) is 14.7 Å². The monoisotopic (exact) mass is 457 g/mol. The maximum absolute atomic E-state index is 13.6. The molecule has 1 aromatic heterocycles. The summed E-state index contributed by atoms with van der Waals surface area (Å²) in [5.41, 5.74) is 2.46. The van der Waals surface area contributed by atoms with E-state index in [1.54, 1.807) is 18.2 Å². The molecule has 3 fully saturated rings. The first-order valence-corrected chi connectivity index (χ1v) is 11.9. The second-order valence-electron chi connectivity index (χ2n) is 9.29. The highest BCUT2D eigenvalue weighted by atomic mass is 16.6. The number of β-lactam (4-membered cyclic amide) rings is 1. The fraction of sp³-hybridized carbons (Fsp3) is 0.370. The second-order valence-corrected chi connectivity index (χ2v) is 9.29. The summed E-state index contributed by atoms with van der Waals surface area (Å²) in [6.45, 7) is 0.204. The average molecular weight is 458 g/mol. The molecule has 4 atom stereocenters. The van der Waals surface area contributed by atoms with Crippen LogP contribution in [0.3, 0.4) is 0 Å². The molecule has 2 aliphatic heterocycles. The van der Waals surface area contributed by atoms with Gasteiger partial charge in [-0.15, -0.1) is 0 Å². The number of carbonyl (C=O) groups excluding carboxylic acids is 2. The molecule has 3 aliphatic rings. The van der Waals surface area contributed by atoms with Gasteiger partial charge in [0.15, 0.2) is 0 Å². The summed E-state index contributed by atoms with van der Waals surface area (Å²) in [5, 5.41) is 0.871. The van der Waals surface area contributed by atoms with Gasteiger partial charge >= 0.3 is 6.09 Å². The first-order chi connectivity index (χ1) is 16.7. The molecule has 2 amide bonds. The van der Waals surface area contributed by atoms with Crippen molar-refractivity contribution in [3.8, 4) is 5.75 Å². The molecule has 7 nitrogen and oxygen atoms in total. The van der Waals surface area contributed by atoms with Crippen molar-refractivity contribution in [2.24, 2.45) is 5.92 Å². The molecule has 0 N–H and O–H groups in total. The van der Waals surface area contributed by atoms with Crippen LogP contribution in [0.2, 0.25) is 0 Å². The minimum absolute atomic E-state index is 0.0263. The van der Waals surface area contributed by atoms with Gasteiger partial charge in [0.25, 0.3) is 5.91 Å². The Morgan fingerprint density at radius 3 is 2.71 bits per heavy atom. The Morgan fingerprint density at radius 1 is 1.06 bits per heavy atom. The van der Waals surface area contributed by atoms with Crippen LogP contribution >= 0.6 is 0 Å². The predicted molar refractivity (Wildman–Crippen MR) is 128 cm³/mol. The van der Waals surface area contributed by atoms with E-state index in [1.165, 1.54) is 0 Å². The van der Waals surface area contributed by atoms with Crippen molar-refractivity contribution in [3.05, 3.63) is 66.4 Å². The van der Waals surface area contributed by atoms with E-state index >= 15 is 0 Å². The van der Waals surface area contributed by atoms with Crippen LogP contribution in [0.15, 0.2) is 60.8 Å². The van der Waals surface area contributed by atoms with Crippen LogP contribution in [0.4, 0.5) is 10.5 Å². The molecule has 0 bridgehead atoms. The number of hydrogen-bond donors (Lipinski definition) is 0. The standard InChI is InChI=1S/C27H27N3O4/c1-33-22-14-13-21(23-19(22)11-7-15-28-23)29-24-18-10-5-6-12-20(18)30(25(24)26(29)31)27(32)34-16-17-8-3-2-4-9-17/h2-4,7-9,11,13-15,18,20,24-25H,5-6,10,12,16H2,1H3/t18-,20+,24-,25+/m1/s1. The molecular weight excluding hydrogens is 430 g/mol. The zero-order valence-electron chi connectivity index (χ0n) is 19.1. The van der Waals surface area contributed by atoms with E-state index in [1.807, 2.05) is 59.5 Å². The van der Waals surface area contributed by atoms with Crippen molar-refractivity contribution in [3.63, 3.8) is 0 Å². The topological polar surface area (TPSA) is 72.0 Å². The zero-order valence-corrected chi connectivity index (χ0v) is 19.1. The number of rotatable bonds is 4. The number of aromatic nitrogens is 1. The molecule has 2 aromatic carbocycles. The minimum atomic E-state index is -0.475.